The van der Waals surface area contributed by atoms with Crippen LogP contribution < -0.4 is 5.11 Å². The molecule has 0 amide bonds. The van der Waals surface area contributed by atoms with E-state index in [2.05, 4.69) is 62.5 Å². The number of nitrogens with zero attached hydrogens (tertiary/aromatic N) is 1. The lowest BCUT2D eigenvalue weighted by Crippen LogP contribution is -2.55. The van der Waals surface area contributed by atoms with Crippen LogP contribution in [0.3, 0.4) is 0 Å². The molecule has 2 atom stereocenters. The van der Waals surface area contributed by atoms with E-state index < -0.39 is 18.1 Å². The lowest BCUT2D eigenvalue weighted by molar-refractivity contribution is -0.889. The number of aliphatic carboxylic acids is 1. The van der Waals surface area contributed by atoms with Crippen LogP contribution in [0.4, 0.5) is 0 Å². The average Bonchev–Trinajstić information content (AvgIpc) is 3.11. The summed E-state index contributed by atoms with van der Waals surface area (Å²) in [7, 11) is 5.39. The number of esters is 2. The van der Waals surface area contributed by atoms with Gasteiger partial charge >= 0.3 is 11.9 Å². The zero-order valence-electron chi connectivity index (χ0n) is 34.7. The SMILES string of the molecule is CC/C=C/C/C=C/CCCCCCCCCC(=O)OC(COCCC(C(=O)[O-])[N+](C)(C)C)COC(=O)CCCCCCCC/C=C/C=C/CCCCC. The Labute approximate surface area is 325 Å². The molecule has 0 aromatic heterocycles. The van der Waals surface area contributed by atoms with Gasteiger partial charge in [0.15, 0.2) is 6.10 Å². The first-order valence-corrected chi connectivity index (χ1v) is 21.2. The summed E-state index contributed by atoms with van der Waals surface area (Å²) in [5.74, 6) is -1.76. The lowest BCUT2D eigenvalue weighted by atomic mass is 10.1. The molecule has 0 saturated carbocycles. The third-order valence-electron chi connectivity index (χ3n) is 9.23. The quantitative estimate of drug-likeness (QED) is 0.0205. The van der Waals surface area contributed by atoms with Crippen LogP contribution in [-0.2, 0) is 28.6 Å². The second-order valence-corrected chi connectivity index (χ2v) is 15.2. The molecule has 0 aliphatic rings. The highest BCUT2D eigenvalue weighted by Crippen LogP contribution is 2.13. The molecule has 0 spiro atoms. The highest BCUT2D eigenvalue weighted by atomic mass is 16.6. The molecule has 306 valence electrons. The van der Waals surface area contributed by atoms with Crippen molar-refractivity contribution in [3.05, 3.63) is 48.6 Å². The summed E-state index contributed by atoms with van der Waals surface area (Å²) in [6.07, 6.45) is 41.3. The summed E-state index contributed by atoms with van der Waals surface area (Å²) in [5, 5.41) is 11.6. The minimum atomic E-state index is -1.13. The van der Waals surface area contributed by atoms with Crippen molar-refractivity contribution in [2.45, 2.75) is 180 Å². The van der Waals surface area contributed by atoms with Crippen LogP contribution >= 0.6 is 0 Å². The summed E-state index contributed by atoms with van der Waals surface area (Å²) in [5.41, 5.74) is 0. The number of likely N-dealkylation sites (N-methyl/N-ethyl adjacent to an activating group) is 1. The Hall–Kier alpha value is -2.71. The van der Waals surface area contributed by atoms with Gasteiger partial charge in [0.25, 0.3) is 0 Å². The Morgan fingerprint density at radius 3 is 1.66 bits per heavy atom. The maximum Gasteiger partial charge on any atom is 0.306 e. The zero-order valence-corrected chi connectivity index (χ0v) is 34.7. The lowest BCUT2D eigenvalue weighted by Gasteiger charge is -2.34. The number of carbonyl (C=O) groups excluding carboxylic acids is 3. The Bertz CT molecular complexity index is 1010. The van der Waals surface area contributed by atoms with E-state index in [1.54, 1.807) is 21.1 Å². The van der Waals surface area contributed by atoms with Gasteiger partial charge in [0.1, 0.15) is 12.6 Å². The summed E-state index contributed by atoms with van der Waals surface area (Å²) >= 11 is 0. The maximum atomic E-state index is 12.7. The summed E-state index contributed by atoms with van der Waals surface area (Å²) in [6, 6.07) is -0.729. The van der Waals surface area contributed by atoms with E-state index >= 15 is 0 Å². The predicted molar refractivity (Wildman–Crippen MR) is 217 cm³/mol. The van der Waals surface area contributed by atoms with Crippen LogP contribution in [0.2, 0.25) is 0 Å². The average molecular weight is 746 g/mol. The number of carboxylic acid groups (broad SMARTS) is 1. The van der Waals surface area contributed by atoms with Gasteiger partial charge in [0, 0.05) is 19.3 Å². The van der Waals surface area contributed by atoms with Crippen LogP contribution in [0.5, 0.6) is 0 Å². The largest absolute Gasteiger partial charge is 0.544 e. The molecule has 0 aliphatic carbocycles. The molecule has 0 heterocycles. The second kappa shape index (κ2) is 36.3. The molecular formula is C45H79NO7. The standard InChI is InChI=1S/C45H79NO7/c1-6-8-10-12-14-16-18-20-22-24-25-27-29-31-33-35-43(47)52-40-41(39-51-38-37-42(45(49)50)46(3,4)5)53-44(48)36-34-32-30-28-26-23-21-19-17-15-13-11-9-7-2/h9,11,14-18,20,41-42H,6-8,10,12-13,19,21-40H2,1-5H3/b11-9+,16-14+,17-15+,20-18+. The summed E-state index contributed by atoms with van der Waals surface area (Å²) in [4.78, 5) is 36.8. The van der Waals surface area contributed by atoms with Crippen LogP contribution in [-0.4, -0.2) is 75.5 Å². The number of unbranched alkanes of at least 4 members (excludes halogenated alkanes) is 16. The molecule has 0 N–H and O–H groups in total. The third-order valence-corrected chi connectivity index (χ3v) is 9.23. The monoisotopic (exact) mass is 746 g/mol. The van der Waals surface area contributed by atoms with Gasteiger partial charge in [-0.1, -0.05) is 133 Å². The minimum Gasteiger partial charge on any atom is -0.544 e. The molecule has 0 saturated heterocycles. The highest BCUT2D eigenvalue weighted by Gasteiger charge is 2.25. The number of carbonyl (C=O) groups is 3. The number of hydrogen-bond acceptors (Lipinski definition) is 7. The summed E-state index contributed by atoms with van der Waals surface area (Å²) in [6.45, 7) is 4.50. The van der Waals surface area contributed by atoms with E-state index in [1.807, 2.05) is 0 Å². The first-order valence-electron chi connectivity index (χ1n) is 21.2. The van der Waals surface area contributed by atoms with E-state index in [4.69, 9.17) is 14.2 Å². The second-order valence-electron chi connectivity index (χ2n) is 15.2. The Kier molecular flexibility index (Phi) is 34.4. The molecular weight excluding hydrogens is 666 g/mol. The zero-order chi connectivity index (χ0) is 39.3. The molecule has 53 heavy (non-hydrogen) atoms. The molecule has 0 aromatic rings. The third kappa shape index (κ3) is 34.8. The molecule has 0 aliphatic heterocycles. The van der Waals surface area contributed by atoms with Crippen molar-refractivity contribution < 1.29 is 38.2 Å². The van der Waals surface area contributed by atoms with Crippen molar-refractivity contribution in [2.75, 3.05) is 41.0 Å². The molecule has 8 nitrogen and oxygen atoms in total. The first kappa shape index (κ1) is 50.3. The van der Waals surface area contributed by atoms with Crippen molar-refractivity contribution in [2.24, 2.45) is 0 Å². The van der Waals surface area contributed by atoms with Crippen molar-refractivity contribution in [1.82, 2.24) is 0 Å². The number of hydrogen-bond donors (Lipinski definition) is 0. The number of quaternary nitrogens is 1. The van der Waals surface area contributed by atoms with Gasteiger partial charge < -0.3 is 28.6 Å². The van der Waals surface area contributed by atoms with Gasteiger partial charge in [-0.05, 0) is 64.2 Å². The molecule has 0 rings (SSSR count). The Morgan fingerprint density at radius 2 is 1.11 bits per heavy atom. The van der Waals surface area contributed by atoms with Gasteiger partial charge in [-0.15, -0.1) is 0 Å². The van der Waals surface area contributed by atoms with Crippen LogP contribution in [0, 0.1) is 0 Å². The predicted octanol–water partition coefficient (Wildman–Crippen LogP) is 9.91. The maximum absolute atomic E-state index is 12.7. The van der Waals surface area contributed by atoms with Gasteiger partial charge in [-0.25, -0.2) is 0 Å². The smallest absolute Gasteiger partial charge is 0.306 e. The van der Waals surface area contributed by atoms with Crippen molar-refractivity contribution in [3.8, 4) is 0 Å². The minimum absolute atomic E-state index is 0.0327. The van der Waals surface area contributed by atoms with Gasteiger partial charge in [0.2, 0.25) is 0 Å². The number of carboxylic acids is 1. The van der Waals surface area contributed by atoms with Gasteiger partial charge in [-0.3, -0.25) is 9.59 Å². The van der Waals surface area contributed by atoms with Gasteiger partial charge in [-0.2, -0.15) is 0 Å². The normalized spacial score (nSPS) is 13.5. The number of allylic oxidation sites excluding steroid dienone is 8. The fourth-order valence-corrected chi connectivity index (χ4v) is 5.92. The van der Waals surface area contributed by atoms with Crippen LogP contribution in [0.25, 0.3) is 0 Å². The Morgan fingerprint density at radius 1 is 0.604 bits per heavy atom. The van der Waals surface area contributed by atoms with Crippen molar-refractivity contribution >= 4 is 17.9 Å². The number of rotatable bonds is 37. The van der Waals surface area contributed by atoms with E-state index in [9.17, 15) is 19.5 Å². The molecule has 2 unspecified atom stereocenters. The van der Waals surface area contributed by atoms with Gasteiger partial charge in [0.05, 0.1) is 40.3 Å². The highest BCUT2D eigenvalue weighted by molar-refractivity contribution is 5.70. The number of ether oxygens (including phenoxy) is 3. The molecule has 0 fully saturated rings. The van der Waals surface area contributed by atoms with Crippen molar-refractivity contribution in [3.63, 3.8) is 0 Å². The molecule has 0 aromatic carbocycles. The molecule has 0 radical (unpaired) electrons. The topological polar surface area (TPSA) is 102 Å². The van der Waals surface area contributed by atoms with E-state index in [0.29, 0.717) is 12.8 Å². The molecule has 8 heteroatoms. The fraction of sp³-hybridized carbons (Fsp3) is 0.756. The van der Waals surface area contributed by atoms with Crippen LogP contribution in [0.1, 0.15) is 168 Å². The Balaban J connectivity index is 4.40. The van der Waals surface area contributed by atoms with Crippen molar-refractivity contribution in [1.29, 1.82) is 0 Å². The fourth-order valence-electron chi connectivity index (χ4n) is 5.92. The van der Waals surface area contributed by atoms with E-state index in [1.165, 1.54) is 57.8 Å². The first-order chi connectivity index (χ1) is 25.6. The van der Waals surface area contributed by atoms with E-state index in [0.717, 1.165) is 77.0 Å². The van der Waals surface area contributed by atoms with Crippen LogP contribution in [0.15, 0.2) is 48.6 Å². The summed E-state index contributed by atoms with van der Waals surface area (Å²) < 4.78 is 17.1. The molecule has 0 bridgehead atoms. The van der Waals surface area contributed by atoms with E-state index in [-0.39, 0.29) is 42.7 Å².